The Hall–Kier alpha value is -0.540. The molecule has 0 aliphatic heterocycles. The van der Waals surface area contributed by atoms with E-state index in [-0.39, 0.29) is 0 Å². The van der Waals surface area contributed by atoms with Gasteiger partial charge in [-0.1, -0.05) is 42.1 Å². The zero-order valence-corrected chi connectivity index (χ0v) is 11.7. The van der Waals surface area contributed by atoms with Gasteiger partial charge in [-0.3, -0.25) is 0 Å². The number of rotatable bonds is 2. The van der Waals surface area contributed by atoms with Crippen LogP contribution in [-0.4, -0.2) is 16.7 Å². The molecule has 0 bridgehead atoms. The van der Waals surface area contributed by atoms with E-state index in [1.54, 1.807) is 0 Å². The number of thiocarbonyl (C=S) groups is 1. The van der Waals surface area contributed by atoms with Crippen molar-refractivity contribution < 1.29 is 4.74 Å². The summed E-state index contributed by atoms with van der Waals surface area (Å²) in [5.74, 6) is 0.707. The third-order valence-corrected chi connectivity index (χ3v) is 4.40. The maximum absolute atomic E-state index is 5.72. The van der Waals surface area contributed by atoms with E-state index in [9.17, 15) is 0 Å². The first-order valence-corrected chi connectivity index (χ1v) is 7.72. The van der Waals surface area contributed by atoms with Crippen molar-refractivity contribution in [3.05, 3.63) is 35.9 Å². The summed E-state index contributed by atoms with van der Waals surface area (Å²) >= 11 is 6.62. The molecule has 0 amide bonds. The van der Waals surface area contributed by atoms with Crippen molar-refractivity contribution in [1.82, 2.24) is 0 Å². The van der Waals surface area contributed by atoms with Crippen molar-refractivity contribution in [2.24, 2.45) is 0 Å². The van der Waals surface area contributed by atoms with Crippen LogP contribution in [0.2, 0.25) is 0 Å². The average molecular weight is 266 g/mol. The molecule has 0 radical (unpaired) electrons. The molecule has 0 atom stereocenters. The molecule has 3 heteroatoms. The van der Waals surface area contributed by atoms with Crippen LogP contribution in [0.15, 0.2) is 30.3 Å². The lowest BCUT2D eigenvalue weighted by Crippen LogP contribution is -2.22. The highest BCUT2D eigenvalue weighted by atomic mass is 32.2. The lowest BCUT2D eigenvalue weighted by molar-refractivity contribution is 0.144. The van der Waals surface area contributed by atoms with Gasteiger partial charge in [-0.25, -0.2) is 0 Å². The molecule has 0 unspecified atom stereocenters. The van der Waals surface area contributed by atoms with Gasteiger partial charge in [0.15, 0.2) is 0 Å². The number of ether oxygens (including phenoxy) is 1. The molecule has 0 N–H and O–H groups in total. The van der Waals surface area contributed by atoms with Gasteiger partial charge in [-0.2, -0.15) is 0 Å². The predicted molar refractivity (Wildman–Crippen MR) is 78.6 cm³/mol. The summed E-state index contributed by atoms with van der Waals surface area (Å²) in [6, 6.07) is 10.8. The van der Waals surface area contributed by atoms with Crippen molar-refractivity contribution in [3.8, 4) is 0 Å². The van der Waals surface area contributed by atoms with Gasteiger partial charge in [-0.05, 0) is 55.6 Å². The molecule has 0 heterocycles. The first kappa shape index (κ1) is 12.9. The van der Waals surface area contributed by atoms with E-state index in [4.69, 9.17) is 17.0 Å². The van der Waals surface area contributed by atoms with Crippen LogP contribution in [-0.2, 0) is 4.74 Å². The van der Waals surface area contributed by atoms with Crippen LogP contribution in [0.25, 0.3) is 0 Å². The molecule has 1 aliphatic carbocycles. The van der Waals surface area contributed by atoms with Crippen molar-refractivity contribution in [2.75, 3.05) is 6.26 Å². The molecule has 0 aromatic heterocycles. The highest BCUT2D eigenvalue weighted by molar-refractivity contribution is 8.22. The van der Waals surface area contributed by atoms with E-state index in [0.29, 0.717) is 16.4 Å². The Bertz CT molecular complexity index is 356. The van der Waals surface area contributed by atoms with Gasteiger partial charge in [0.05, 0.1) is 0 Å². The van der Waals surface area contributed by atoms with Crippen LogP contribution in [0.3, 0.4) is 0 Å². The van der Waals surface area contributed by atoms with Crippen molar-refractivity contribution in [3.63, 3.8) is 0 Å². The first-order valence-electron chi connectivity index (χ1n) is 6.09. The normalized spacial score (nSPS) is 24.3. The largest absolute Gasteiger partial charge is 0.475 e. The second-order valence-electron chi connectivity index (χ2n) is 4.46. The summed E-state index contributed by atoms with van der Waals surface area (Å²) in [6.45, 7) is 0. The number of hydrogen-bond donors (Lipinski definition) is 0. The van der Waals surface area contributed by atoms with E-state index in [1.165, 1.54) is 30.2 Å². The fourth-order valence-electron chi connectivity index (χ4n) is 2.42. The molecular formula is C14H18OS2. The Labute approximate surface area is 113 Å². The Morgan fingerprint density at radius 1 is 1.18 bits per heavy atom. The van der Waals surface area contributed by atoms with E-state index in [2.05, 4.69) is 30.3 Å². The summed E-state index contributed by atoms with van der Waals surface area (Å²) in [4.78, 5) is 0. The zero-order valence-electron chi connectivity index (χ0n) is 10.1. The van der Waals surface area contributed by atoms with Crippen LogP contribution in [0.1, 0.15) is 37.2 Å². The zero-order chi connectivity index (χ0) is 12.1. The van der Waals surface area contributed by atoms with E-state index >= 15 is 0 Å². The van der Waals surface area contributed by atoms with Gasteiger partial charge in [0.1, 0.15) is 6.10 Å². The molecule has 17 heavy (non-hydrogen) atoms. The van der Waals surface area contributed by atoms with E-state index < -0.39 is 0 Å². The topological polar surface area (TPSA) is 9.23 Å². The van der Waals surface area contributed by atoms with Crippen LogP contribution in [0.4, 0.5) is 0 Å². The molecule has 0 spiro atoms. The van der Waals surface area contributed by atoms with E-state index in [0.717, 1.165) is 12.8 Å². The van der Waals surface area contributed by atoms with Gasteiger partial charge in [-0.15, -0.1) is 0 Å². The molecule has 1 nitrogen and oxygen atoms in total. The number of hydrogen-bond acceptors (Lipinski definition) is 3. The monoisotopic (exact) mass is 266 g/mol. The Morgan fingerprint density at radius 2 is 1.82 bits per heavy atom. The highest BCUT2D eigenvalue weighted by Crippen LogP contribution is 2.34. The molecule has 2 rings (SSSR count). The number of benzene rings is 1. The van der Waals surface area contributed by atoms with Crippen LogP contribution < -0.4 is 0 Å². The molecule has 1 aromatic carbocycles. The van der Waals surface area contributed by atoms with Crippen molar-refractivity contribution in [2.45, 2.75) is 37.7 Å². The smallest absolute Gasteiger partial charge is 0.219 e. The third kappa shape index (κ3) is 3.71. The molecule has 92 valence electrons. The van der Waals surface area contributed by atoms with Gasteiger partial charge in [0.25, 0.3) is 0 Å². The van der Waals surface area contributed by atoms with Gasteiger partial charge >= 0.3 is 0 Å². The molecule has 1 saturated carbocycles. The lowest BCUT2D eigenvalue weighted by atomic mass is 9.83. The fraction of sp³-hybridized carbons (Fsp3) is 0.500. The average Bonchev–Trinajstić information content (AvgIpc) is 2.40. The summed E-state index contributed by atoms with van der Waals surface area (Å²) in [7, 11) is 0. The SMILES string of the molecule is CSC(=S)OC1CCC(c2ccccc2)CC1. The quantitative estimate of drug-likeness (QED) is 0.735. The lowest BCUT2D eigenvalue weighted by Gasteiger charge is -2.29. The molecule has 1 aliphatic rings. The second-order valence-corrected chi connectivity index (χ2v) is 5.86. The summed E-state index contributed by atoms with van der Waals surface area (Å²) in [5.41, 5.74) is 1.47. The Balaban J connectivity index is 1.84. The summed E-state index contributed by atoms with van der Waals surface area (Å²) < 4.78 is 6.41. The number of thioether (sulfide) groups is 1. The minimum Gasteiger partial charge on any atom is -0.475 e. The minimum atomic E-state index is 0.343. The standard InChI is InChI=1S/C14H18OS2/c1-17-14(16)15-13-9-7-12(8-10-13)11-5-3-2-4-6-11/h2-6,12-13H,7-10H2,1H3. The fourth-order valence-corrected chi connectivity index (χ4v) is 2.79. The van der Waals surface area contributed by atoms with Crippen LogP contribution >= 0.6 is 24.0 Å². The van der Waals surface area contributed by atoms with Gasteiger partial charge < -0.3 is 4.74 Å². The second kappa shape index (κ2) is 6.41. The summed E-state index contributed by atoms with van der Waals surface area (Å²) in [5, 5.41) is 0. The Morgan fingerprint density at radius 3 is 2.41 bits per heavy atom. The van der Waals surface area contributed by atoms with E-state index in [1.807, 2.05) is 6.26 Å². The maximum atomic E-state index is 5.72. The van der Waals surface area contributed by atoms with Gasteiger partial charge in [0.2, 0.25) is 4.38 Å². The van der Waals surface area contributed by atoms with Gasteiger partial charge in [0, 0.05) is 0 Å². The first-order chi connectivity index (χ1) is 8.29. The molecule has 1 aromatic rings. The molecule has 1 fully saturated rings. The third-order valence-electron chi connectivity index (χ3n) is 3.37. The molecular weight excluding hydrogens is 248 g/mol. The minimum absolute atomic E-state index is 0.343. The predicted octanol–water partition coefficient (Wildman–Crippen LogP) is 4.38. The molecule has 0 saturated heterocycles. The van der Waals surface area contributed by atoms with Crippen LogP contribution in [0, 0.1) is 0 Å². The van der Waals surface area contributed by atoms with Crippen LogP contribution in [0.5, 0.6) is 0 Å². The summed E-state index contributed by atoms with van der Waals surface area (Å²) in [6.07, 6.45) is 6.99. The van der Waals surface area contributed by atoms with Crippen molar-refractivity contribution in [1.29, 1.82) is 0 Å². The maximum Gasteiger partial charge on any atom is 0.219 e. The highest BCUT2D eigenvalue weighted by Gasteiger charge is 2.23. The van der Waals surface area contributed by atoms with Crippen molar-refractivity contribution >= 4 is 28.4 Å². The Kier molecular flexibility index (Phi) is 4.86.